The van der Waals surface area contributed by atoms with Crippen LogP contribution in [0.15, 0.2) is 0 Å². The smallest absolute Gasteiger partial charge is 0.319 e. The van der Waals surface area contributed by atoms with Crippen molar-refractivity contribution in [2.24, 2.45) is 0 Å². The zero-order valence-corrected chi connectivity index (χ0v) is 9.47. The van der Waals surface area contributed by atoms with E-state index in [0.717, 1.165) is 13.0 Å². The second-order valence-electron chi connectivity index (χ2n) is 3.52. The van der Waals surface area contributed by atoms with E-state index in [9.17, 15) is 4.79 Å². The van der Waals surface area contributed by atoms with Gasteiger partial charge in [0.15, 0.2) is 0 Å². The molecule has 0 fully saturated rings. The van der Waals surface area contributed by atoms with E-state index < -0.39 is 0 Å². The van der Waals surface area contributed by atoms with Gasteiger partial charge in [0.2, 0.25) is 0 Å². The predicted molar refractivity (Wildman–Crippen MR) is 58.3 cm³/mol. The molecule has 1 N–H and O–H groups in total. The molecule has 0 aliphatic heterocycles. The standard InChI is InChI=1S/C11H23NO2/c1-3-4-5-6-7-8-9-12-10-11(13)14-2/h12H,3-10H2,1-2H3. The van der Waals surface area contributed by atoms with E-state index in [0.29, 0.717) is 6.54 Å². The maximum absolute atomic E-state index is 10.7. The summed E-state index contributed by atoms with van der Waals surface area (Å²) in [4.78, 5) is 10.7. The predicted octanol–water partition coefficient (Wildman–Crippen LogP) is 2.11. The van der Waals surface area contributed by atoms with E-state index in [1.807, 2.05) is 0 Å². The summed E-state index contributed by atoms with van der Waals surface area (Å²) in [6.07, 6.45) is 7.70. The molecule has 0 radical (unpaired) electrons. The molecule has 14 heavy (non-hydrogen) atoms. The highest BCUT2D eigenvalue weighted by molar-refractivity contribution is 5.71. The number of carbonyl (C=O) groups is 1. The lowest BCUT2D eigenvalue weighted by Crippen LogP contribution is -2.24. The zero-order chi connectivity index (χ0) is 10.6. The fourth-order valence-electron chi connectivity index (χ4n) is 1.29. The van der Waals surface area contributed by atoms with E-state index in [4.69, 9.17) is 0 Å². The van der Waals surface area contributed by atoms with E-state index in [-0.39, 0.29) is 5.97 Å². The van der Waals surface area contributed by atoms with Crippen LogP contribution in [0.5, 0.6) is 0 Å². The number of nitrogens with one attached hydrogen (secondary N) is 1. The van der Waals surface area contributed by atoms with Crippen LogP contribution in [-0.4, -0.2) is 26.2 Å². The van der Waals surface area contributed by atoms with Crippen LogP contribution in [0.25, 0.3) is 0 Å². The average molecular weight is 201 g/mol. The third-order valence-electron chi connectivity index (χ3n) is 2.20. The fourth-order valence-corrected chi connectivity index (χ4v) is 1.29. The fraction of sp³-hybridized carbons (Fsp3) is 0.909. The van der Waals surface area contributed by atoms with Gasteiger partial charge in [-0.2, -0.15) is 0 Å². The molecule has 3 nitrogen and oxygen atoms in total. The third kappa shape index (κ3) is 9.52. The monoisotopic (exact) mass is 201 g/mol. The summed E-state index contributed by atoms with van der Waals surface area (Å²) in [7, 11) is 1.41. The Labute approximate surface area is 87.2 Å². The first-order valence-electron chi connectivity index (χ1n) is 5.58. The molecule has 0 aromatic carbocycles. The summed E-state index contributed by atoms with van der Waals surface area (Å²) < 4.78 is 4.51. The molecule has 0 aliphatic carbocycles. The van der Waals surface area contributed by atoms with Gasteiger partial charge in [0, 0.05) is 0 Å². The molecule has 0 aromatic rings. The quantitative estimate of drug-likeness (QED) is 0.458. The van der Waals surface area contributed by atoms with Crippen molar-refractivity contribution in [1.29, 1.82) is 0 Å². The Morgan fingerprint density at radius 2 is 1.79 bits per heavy atom. The Balaban J connectivity index is 2.95. The molecule has 3 heteroatoms. The highest BCUT2D eigenvalue weighted by Gasteiger charge is 1.97. The summed E-state index contributed by atoms with van der Waals surface area (Å²) in [5.74, 6) is -0.184. The van der Waals surface area contributed by atoms with Gasteiger partial charge in [0.25, 0.3) is 0 Å². The topological polar surface area (TPSA) is 38.3 Å². The van der Waals surface area contributed by atoms with E-state index >= 15 is 0 Å². The summed E-state index contributed by atoms with van der Waals surface area (Å²) >= 11 is 0. The van der Waals surface area contributed by atoms with Crippen molar-refractivity contribution in [2.45, 2.75) is 45.4 Å². The van der Waals surface area contributed by atoms with Gasteiger partial charge in [-0.05, 0) is 13.0 Å². The SMILES string of the molecule is CCCCCCCCNCC(=O)OC. The highest BCUT2D eigenvalue weighted by atomic mass is 16.5. The molecule has 0 aliphatic rings. The normalized spacial score (nSPS) is 10.1. The van der Waals surface area contributed by atoms with Crippen LogP contribution >= 0.6 is 0 Å². The van der Waals surface area contributed by atoms with E-state index in [1.165, 1.54) is 39.2 Å². The molecule has 0 unspecified atom stereocenters. The molecule has 0 atom stereocenters. The van der Waals surface area contributed by atoms with Gasteiger partial charge in [-0.3, -0.25) is 4.79 Å². The molecule has 0 amide bonds. The van der Waals surface area contributed by atoms with Gasteiger partial charge in [-0.1, -0.05) is 39.0 Å². The van der Waals surface area contributed by atoms with Gasteiger partial charge in [-0.15, -0.1) is 0 Å². The Morgan fingerprint density at radius 3 is 2.43 bits per heavy atom. The van der Waals surface area contributed by atoms with Crippen LogP contribution in [-0.2, 0) is 9.53 Å². The number of methoxy groups -OCH3 is 1. The number of unbranched alkanes of at least 4 members (excludes halogenated alkanes) is 5. The molecular formula is C11H23NO2. The number of rotatable bonds is 9. The third-order valence-corrected chi connectivity index (χ3v) is 2.20. The first kappa shape index (κ1) is 13.4. The average Bonchev–Trinajstić information content (AvgIpc) is 2.21. The van der Waals surface area contributed by atoms with Crippen LogP contribution < -0.4 is 5.32 Å². The minimum atomic E-state index is -0.184. The first-order chi connectivity index (χ1) is 6.81. The maximum atomic E-state index is 10.7. The van der Waals surface area contributed by atoms with Crippen molar-refractivity contribution in [3.05, 3.63) is 0 Å². The Kier molecular flexibility index (Phi) is 10.1. The Bertz CT molecular complexity index is 137. The van der Waals surface area contributed by atoms with Crippen molar-refractivity contribution in [3.8, 4) is 0 Å². The number of ether oxygens (including phenoxy) is 1. The van der Waals surface area contributed by atoms with Gasteiger partial charge in [-0.25, -0.2) is 0 Å². The number of esters is 1. The van der Waals surface area contributed by atoms with Crippen LogP contribution in [0.3, 0.4) is 0 Å². The molecule has 0 bridgehead atoms. The molecule has 0 aromatic heterocycles. The second kappa shape index (κ2) is 10.5. The lowest BCUT2D eigenvalue weighted by Gasteiger charge is -2.03. The summed E-state index contributed by atoms with van der Waals surface area (Å²) in [6, 6.07) is 0. The molecule has 0 heterocycles. The summed E-state index contributed by atoms with van der Waals surface area (Å²) in [5.41, 5.74) is 0. The first-order valence-corrected chi connectivity index (χ1v) is 5.58. The Morgan fingerprint density at radius 1 is 1.14 bits per heavy atom. The summed E-state index contributed by atoms with van der Waals surface area (Å²) in [6.45, 7) is 3.48. The van der Waals surface area contributed by atoms with Gasteiger partial charge in [0.1, 0.15) is 0 Å². The van der Waals surface area contributed by atoms with Crippen LogP contribution in [0.4, 0.5) is 0 Å². The van der Waals surface area contributed by atoms with Crippen molar-refractivity contribution >= 4 is 5.97 Å². The molecule has 0 spiro atoms. The lowest BCUT2D eigenvalue weighted by atomic mass is 10.1. The molecular weight excluding hydrogens is 178 g/mol. The Hall–Kier alpha value is -0.570. The van der Waals surface area contributed by atoms with Gasteiger partial charge >= 0.3 is 5.97 Å². The van der Waals surface area contributed by atoms with Crippen molar-refractivity contribution < 1.29 is 9.53 Å². The van der Waals surface area contributed by atoms with Crippen molar-refractivity contribution in [1.82, 2.24) is 5.32 Å². The highest BCUT2D eigenvalue weighted by Crippen LogP contribution is 2.03. The molecule has 0 saturated heterocycles. The lowest BCUT2D eigenvalue weighted by molar-refractivity contribution is -0.139. The number of hydrogen-bond acceptors (Lipinski definition) is 3. The maximum Gasteiger partial charge on any atom is 0.319 e. The van der Waals surface area contributed by atoms with E-state index in [2.05, 4.69) is 17.0 Å². The second-order valence-corrected chi connectivity index (χ2v) is 3.52. The van der Waals surface area contributed by atoms with E-state index in [1.54, 1.807) is 0 Å². The van der Waals surface area contributed by atoms with Crippen molar-refractivity contribution in [2.75, 3.05) is 20.2 Å². The van der Waals surface area contributed by atoms with Crippen LogP contribution in [0, 0.1) is 0 Å². The number of hydrogen-bond donors (Lipinski definition) is 1. The minimum Gasteiger partial charge on any atom is -0.468 e. The minimum absolute atomic E-state index is 0.184. The zero-order valence-electron chi connectivity index (χ0n) is 9.47. The molecule has 0 saturated carbocycles. The van der Waals surface area contributed by atoms with Gasteiger partial charge in [0.05, 0.1) is 13.7 Å². The molecule has 0 rings (SSSR count). The van der Waals surface area contributed by atoms with Gasteiger partial charge < -0.3 is 10.1 Å². The van der Waals surface area contributed by atoms with Crippen LogP contribution in [0.2, 0.25) is 0 Å². The van der Waals surface area contributed by atoms with Crippen molar-refractivity contribution in [3.63, 3.8) is 0 Å². The van der Waals surface area contributed by atoms with Crippen LogP contribution in [0.1, 0.15) is 45.4 Å². The largest absolute Gasteiger partial charge is 0.468 e. The number of carbonyl (C=O) groups excluding carboxylic acids is 1. The molecule has 84 valence electrons. The summed E-state index contributed by atoms with van der Waals surface area (Å²) in [5, 5.41) is 3.05.